The molecule has 0 saturated heterocycles. The topological polar surface area (TPSA) is 63.8 Å². The summed E-state index contributed by atoms with van der Waals surface area (Å²) in [4.78, 5) is 4.15. The van der Waals surface area contributed by atoms with Crippen LogP contribution in [0.4, 0.5) is 6.01 Å². The molecule has 2 aromatic heterocycles. The van der Waals surface area contributed by atoms with Crippen LogP contribution in [0.15, 0.2) is 28.8 Å². The van der Waals surface area contributed by atoms with Gasteiger partial charge in [-0.2, -0.15) is 0 Å². The van der Waals surface area contributed by atoms with Crippen molar-refractivity contribution in [2.45, 2.75) is 12.8 Å². The predicted octanol–water partition coefficient (Wildman–Crippen LogP) is 1.95. The van der Waals surface area contributed by atoms with Gasteiger partial charge in [0.2, 0.25) is 0 Å². The van der Waals surface area contributed by atoms with Gasteiger partial charge in [-0.1, -0.05) is 11.2 Å². The van der Waals surface area contributed by atoms with Gasteiger partial charge in [-0.15, -0.1) is 5.10 Å². The van der Waals surface area contributed by atoms with E-state index in [9.17, 15) is 0 Å². The van der Waals surface area contributed by atoms with Gasteiger partial charge in [-0.25, -0.2) is 0 Å². The molecule has 3 rings (SSSR count). The molecule has 1 N–H and O–H groups in total. The Morgan fingerprint density at radius 2 is 2.25 bits per heavy atom. The summed E-state index contributed by atoms with van der Waals surface area (Å²) in [5.74, 6) is 1.24. The van der Waals surface area contributed by atoms with Gasteiger partial charge in [0, 0.05) is 12.7 Å². The number of hydrogen-bond donors (Lipinski definition) is 1. The summed E-state index contributed by atoms with van der Waals surface area (Å²) in [6.45, 7) is 0.920. The Hall–Kier alpha value is -1.91. The Balaban J connectivity index is 1.71. The molecule has 1 saturated carbocycles. The van der Waals surface area contributed by atoms with E-state index in [2.05, 4.69) is 20.5 Å². The van der Waals surface area contributed by atoms with Crippen molar-refractivity contribution in [3.05, 3.63) is 24.4 Å². The van der Waals surface area contributed by atoms with Crippen molar-refractivity contribution in [1.82, 2.24) is 15.2 Å². The van der Waals surface area contributed by atoms with E-state index >= 15 is 0 Å². The Morgan fingerprint density at radius 3 is 3.00 bits per heavy atom. The quantitative estimate of drug-likeness (QED) is 0.846. The highest BCUT2D eigenvalue weighted by Crippen LogP contribution is 2.29. The molecule has 0 radical (unpaired) electrons. The number of nitrogens with zero attached hydrogens (tertiary/aromatic N) is 3. The molecule has 1 fully saturated rings. The van der Waals surface area contributed by atoms with E-state index in [0.29, 0.717) is 17.6 Å². The zero-order valence-electron chi connectivity index (χ0n) is 8.76. The van der Waals surface area contributed by atoms with Crippen LogP contribution in [0.25, 0.3) is 11.6 Å². The number of rotatable bonds is 4. The van der Waals surface area contributed by atoms with Crippen LogP contribution in [0.1, 0.15) is 12.8 Å². The lowest BCUT2D eigenvalue weighted by Crippen LogP contribution is -2.02. The van der Waals surface area contributed by atoms with Gasteiger partial charge in [0.15, 0.2) is 0 Å². The zero-order valence-corrected chi connectivity index (χ0v) is 8.76. The number of hydrogen-bond acceptors (Lipinski definition) is 5. The molecule has 1 aliphatic carbocycles. The summed E-state index contributed by atoms with van der Waals surface area (Å²) in [6, 6.07) is 6.07. The Morgan fingerprint density at radius 1 is 1.31 bits per heavy atom. The number of aromatic nitrogens is 3. The monoisotopic (exact) mass is 216 g/mol. The van der Waals surface area contributed by atoms with E-state index < -0.39 is 0 Å². The van der Waals surface area contributed by atoms with Gasteiger partial charge < -0.3 is 9.73 Å². The average molecular weight is 216 g/mol. The molecule has 5 nitrogen and oxygen atoms in total. The van der Waals surface area contributed by atoms with Crippen molar-refractivity contribution in [2.75, 3.05) is 11.9 Å². The summed E-state index contributed by atoms with van der Waals surface area (Å²) in [6.07, 6.45) is 4.30. The van der Waals surface area contributed by atoms with Gasteiger partial charge in [0.05, 0.1) is 0 Å². The smallest absolute Gasteiger partial charge is 0.315 e. The summed E-state index contributed by atoms with van der Waals surface area (Å²) < 4.78 is 5.45. The van der Waals surface area contributed by atoms with Crippen LogP contribution in [-0.4, -0.2) is 21.7 Å². The van der Waals surface area contributed by atoms with Crippen LogP contribution in [0.3, 0.4) is 0 Å². The summed E-state index contributed by atoms with van der Waals surface area (Å²) in [5.41, 5.74) is 0.703. The second kappa shape index (κ2) is 3.92. The molecule has 2 aromatic rings. The minimum Gasteiger partial charge on any atom is -0.402 e. The van der Waals surface area contributed by atoms with Gasteiger partial charge >= 0.3 is 6.01 Å². The molecular weight excluding hydrogens is 204 g/mol. The van der Waals surface area contributed by atoms with Gasteiger partial charge in [0.1, 0.15) is 5.69 Å². The van der Waals surface area contributed by atoms with E-state index in [-0.39, 0.29) is 0 Å². The van der Waals surface area contributed by atoms with Crippen LogP contribution in [0.2, 0.25) is 0 Å². The molecule has 82 valence electrons. The van der Waals surface area contributed by atoms with E-state index in [4.69, 9.17) is 4.42 Å². The molecule has 5 heteroatoms. The SMILES string of the molecule is c1ccc(-c2nnc(NCC3CC3)o2)nc1. The van der Waals surface area contributed by atoms with Crippen LogP contribution in [-0.2, 0) is 0 Å². The fraction of sp³-hybridized carbons (Fsp3) is 0.364. The first-order valence-corrected chi connectivity index (χ1v) is 5.40. The lowest BCUT2D eigenvalue weighted by molar-refractivity contribution is 0.576. The summed E-state index contributed by atoms with van der Waals surface area (Å²) in [7, 11) is 0. The largest absolute Gasteiger partial charge is 0.402 e. The molecule has 0 atom stereocenters. The van der Waals surface area contributed by atoms with Gasteiger partial charge in [-0.3, -0.25) is 4.98 Å². The van der Waals surface area contributed by atoms with Gasteiger partial charge in [0.25, 0.3) is 5.89 Å². The van der Waals surface area contributed by atoms with E-state index in [0.717, 1.165) is 12.5 Å². The normalized spacial score (nSPS) is 15.0. The second-order valence-corrected chi connectivity index (χ2v) is 3.95. The van der Waals surface area contributed by atoms with Crippen molar-refractivity contribution in [2.24, 2.45) is 5.92 Å². The third-order valence-corrected chi connectivity index (χ3v) is 2.55. The van der Waals surface area contributed by atoms with E-state index in [1.165, 1.54) is 12.8 Å². The number of nitrogens with one attached hydrogen (secondary N) is 1. The molecule has 0 aliphatic heterocycles. The third-order valence-electron chi connectivity index (χ3n) is 2.55. The number of anilines is 1. The molecular formula is C11H12N4O. The maximum atomic E-state index is 5.45. The highest BCUT2D eigenvalue weighted by atomic mass is 16.4. The summed E-state index contributed by atoms with van der Waals surface area (Å²) >= 11 is 0. The van der Waals surface area contributed by atoms with Gasteiger partial charge in [-0.05, 0) is 30.9 Å². The van der Waals surface area contributed by atoms with E-state index in [1.54, 1.807) is 6.20 Å². The fourth-order valence-electron chi connectivity index (χ4n) is 1.44. The Bertz CT molecular complexity index is 464. The van der Waals surface area contributed by atoms with Crippen LogP contribution >= 0.6 is 0 Å². The van der Waals surface area contributed by atoms with Crippen molar-refractivity contribution < 1.29 is 4.42 Å². The van der Waals surface area contributed by atoms with Crippen molar-refractivity contribution in [1.29, 1.82) is 0 Å². The molecule has 16 heavy (non-hydrogen) atoms. The van der Waals surface area contributed by atoms with Crippen LogP contribution in [0, 0.1) is 5.92 Å². The zero-order chi connectivity index (χ0) is 10.8. The highest BCUT2D eigenvalue weighted by Gasteiger charge is 2.21. The molecule has 0 bridgehead atoms. The lowest BCUT2D eigenvalue weighted by atomic mass is 10.3. The van der Waals surface area contributed by atoms with Crippen molar-refractivity contribution in [3.63, 3.8) is 0 Å². The molecule has 0 aromatic carbocycles. The Kier molecular flexibility index (Phi) is 2.29. The van der Waals surface area contributed by atoms with Crippen LogP contribution in [0.5, 0.6) is 0 Å². The molecule has 0 unspecified atom stereocenters. The second-order valence-electron chi connectivity index (χ2n) is 3.95. The van der Waals surface area contributed by atoms with Crippen molar-refractivity contribution >= 4 is 6.01 Å². The average Bonchev–Trinajstić information content (AvgIpc) is 3.05. The third kappa shape index (κ3) is 2.03. The highest BCUT2D eigenvalue weighted by molar-refractivity contribution is 5.46. The van der Waals surface area contributed by atoms with E-state index in [1.807, 2.05) is 18.2 Å². The number of pyridine rings is 1. The molecule has 0 amide bonds. The standard InChI is InChI=1S/C11H12N4O/c1-2-6-12-9(3-1)10-14-15-11(16-10)13-7-8-4-5-8/h1-3,6,8H,4-5,7H2,(H,13,15). The molecule has 0 spiro atoms. The minimum absolute atomic E-state index is 0.457. The molecule has 1 aliphatic rings. The first-order chi connectivity index (χ1) is 7.92. The summed E-state index contributed by atoms with van der Waals surface area (Å²) in [5, 5.41) is 11.0. The van der Waals surface area contributed by atoms with Crippen LogP contribution < -0.4 is 5.32 Å². The Labute approximate surface area is 92.9 Å². The maximum absolute atomic E-state index is 5.45. The first kappa shape index (κ1) is 9.33. The first-order valence-electron chi connectivity index (χ1n) is 5.40. The minimum atomic E-state index is 0.457. The van der Waals surface area contributed by atoms with Crippen molar-refractivity contribution in [3.8, 4) is 11.6 Å². The predicted molar refractivity (Wildman–Crippen MR) is 58.7 cm³/mol. The fourth-order valence-corrected chi connectivity index (χ4v) is 1.44. The lowest BCUT2D eigenvalue weighted by Gasteiger charge is -1.96. The molecule has 2 heterocycles. The maximum Gasteiger partial charge on any atom is 0.315 e.